The Kier molecular flexibility index (Phi) is 3.93. The molecule has 1 heterocycles. The summed E-state index contributed by atoms with van der Waals surface area (Å²) in [4.78, 5) is 1.19. The van der Waals surface area contributed by atoms with Gasteiger partial charge >= 0.3 is 0 Å². The van der Waals surface area contributed by atoms with E-state index in [-0.39, 0.29) is 6.04 Å². The van der Waals surface area contributed by atoms with Crippen molar-refractivity contribution < 1.29 is 0 Å². The summed E-state index contributed by atoms with van der Waals surface area (Å²) in [5.41, 5.74) is 8.77. The number of benzene rings is 1. The summed E-state index contributed by atoms with van der Waals surface area (Å²) in [6, 6.07) is 8.65. The van der Waals surface area contributed by atoms with Crippen LogP contribution >= 0.6 is 23.1 Å². The van der Waals surface area contributed by atoms with E-state index in [4.69, 9.17) is 5.73 Å². The zero-order chi connectivity index (χ0) is 11.4. The van der Waals surface area contributed by atoms with Crippen LogP contribution in [0.5, 0.6) is 0 Å². The lowest BCUT2D eigenvalue weighted by Gasteiger charge is -2.05. The van der Waals surface area contributed by atoms with Crippen LogP contribution in [0.25, 0.3) is 0 Å². The van der Waals surface area contributed by atoms with E-state index in [0.29, 0.717) is 0 Å². The van der Waals surface area contributed by atoms with Gasteiger partial charge in [-0.15, -0.1) is 10.2 Å². The van der Waals surface area contributed by atoms with E-state index in [1.54, 1.807) is 28.6 Å². The largest absolute Gasteiger partial charge is 0.328 e. The second-order valence-corrected chi connectivity index (χ2v) is 5.79. The predicted molar refractivity (Wildman–Crippen MR) is 67.8 cm³/mol. The third kappa shape index (κ3) is 3.30. The Morgan fingerprint density at radius 3 is 2.69 bits per heavy atom. The molecular weight excluding hydrogens is 238 g/mol. The lowest BCUT2D eigenvalue weighted by atomic mass is 10.1. The minimum atomic E-state index is 0.210. The smallest absolute Gasteiger partial charge is 0.178 e. The standard InChI is InChI=1S/C11H13N3S2/c1-8(12)6-9-2-4-10(5-3-9)16-11-14-13-7-15-11/h2-5,7-8H,6,12H2,1H3. The fourth-order valence-electron chi connectivity index (χ4n) is 1.37. The van der Waals surface area contributed by atoms with Crippen molar-refractivity contribution in [3.8, 4) is 0 Å². The molecule has 0 amide bonds. The van der Waals surface area contributed by atoms with Crippen LogP contribution in [0.4, 0.5) is 0 Å². The molecular formula is C11H13N3S2. The van der Waals surface area contributed by atoms with Gasteiger partial charge in [-0.1, -0.05) is 35.2 Å². The molecule has 2 aromatic rings. The van der Waals surface area contributed by atoms with Crippen LogP contribution < -0.4 is 5.73 Å². The first-order chi connectivity index (χ1) is 7.74. The summed E-state index contributed by atoms with van der Waals surface area (Å²) >= 11 is 3.19. The Morgan fingerprint density at radius 2 is 2.12 bits per heavy atom. The second kappa shape index (κ2) is 5.43. The molecule has 2 rings (SSSR count). The van der Waals surface area contributed by atoms with Gasteiger partial charge in [0.05, 0.1) is 0 Å². The van der Waals surface area contributed by atoms with Crippen molar-refractivity contribution in [2.24, 2.45) is 5.73 Å². The molecule has 0 aliphatic rings. The Bertz CT molecular complexity index is 423. The summed E-state index contributed by atoms with van der Waals surface area (Å²) in [6.45, 7) is 2.02. The van der Waals surface area contributed by atoms with Crippen molar-refractivity contribution in [2.75, 3.05) is 0 Å². The third-order valence-electron chi connectivity index (χ3n) is 2.03. The molecule has 84 valence electrons. The number of hydrogen-bond acceptors (Lipinski definition) is 5. The molecule has 1 unspecified atom stereocenters. The van der Waals surface area contributed by atoms with Gasteiger partial charge in [-0.05, 0) is 31.0 Å². The van der Waals surface area contributed by atoms with Crippen LogP contribution in [0.3, 0.4) is 0 Å². The molecule has 0 spiro atoms. The summed E-state index contributed by atoms with van der Waals surface area (Å²) in [7, 11) is 0. The number of aromatic nitrogens is 2. The molecule has 0 bridgehead atoms. The van der Waals surface area contributed by atoms with Crippen molar-refractivity contribution in [1.29, 1.82) is 0 Å². The van der Waals surface area contributed by atoms with Gasteiger partial charge in [0.15, 0.2) is 4.34 Å². The topological polar surface area (TPSA) is 51.8 Å². The molecule has 2 N–H and O–H groups in total. The quantitative estimate of drug-likeness (QED) is 0.907. The Labute approximate surface area is 103 Å². The van der Waals surface area contributed by atoms with Crippen molar-refractivity contribution in [3.05, 3.63) is 35.3 Å². The first-order valence-corrected chi connectivity index (χ1v) is 6.72. The van der Waals surface area contributed by atoms with E-state index < -0.39 is 0 Å². The number of nitrogens with zero attached hydrogens (tertiary/aromatic N) is 2. The van der Waals surface area contributed by atoms with E-state index in [9.17, 15) is 0 Å². The predicted octanol–water partition coefficient (Wildman–Crippen LogP) is 2.58. The minimum Gasteiger partial charge on any atom is -0.328 e. The highest BCUT2D eigenvalue weighted by Crippen LogP contribution is 2.28. The zero-order valence-corrected chi connectivity index (χ0v) is 10.6. The molecule has 3 nitrogen and oxygen atoms in total. The Balaban J connectivity index is 2.02. The number of hydrogen-bond donors (Lipinski definition) is 1. The zero-order valence-electron chi connectivity index (χ0n) is 8.96. The molecule has 1 aromatic heterocycles. The fraction of sp³-hybridized carbons (Fsp3) is 0.273. The Morgan fingerprint density at radius 1 is 1.38 bits per heavy atom. The maximum Gasteiger partial charge on any atom is 0.178 e. The molecule has 5 heteroatoms. The van der Waals surface area contributed by atoms with Crippen molar-refractivity contribution >= 4 is 23.1 Å². The van der Waals surface area contributed by atoms with E-state index in [1.165, 1.54) is 10.5 Å². The van der Waals surface area contributed by atoms with Crippen LogP contribution in [0.1, 0.15) is 12.5 Å². The molecule has 0 aliphatic carbocycles. The average molecular weight is 251 g/mol. The van der Waals surface area contributed by atoms with E-state index in [1.807, 2.05) is 6.92 Å². The van der Waals surface area contributed by atoms with Gasteiger partial charge in [0.2, 0.25) is 0 Å². The molecule has 0 saturated carbocycles. The normalized spacial score (nSPS) is 12.6. The van der Waals surface area contributed by atoms with Crippen LogP contribution in [0, 0.1) is 0 Å². The van der Waals surface area contributed by atoms with Crippen molar-refractivity contribution in [3.63, 3.8) is 0 Å². The molecule has 0 fully saturated rings. The molecule has 16 heavy (non-hydrogen) atoms. The maximum absolute atomic E-state index is 5.75. The highest BCUT2D eigenvalue weighted by atomic mass is 32.2. The van der Waals surface area contributed by atoms with Gasteiger partial charge in [0, 0.05) is 10.9 Å². The fourth-order valence-corrected chi connectivity index (χ4v) is 2.82. The van der Waals surface area contributed by atoms with Gasteiger partial charge < -0.3 is 5.73 Å². The van der Waals surface area contributed by atoms with Gasteiger partial charge in [-0.25, -0.2) is 0 Å². The molecule has 0 saturated heterocycles. The first kappa shape index (κ1) is 11.6. The van der Waals surface area contributed by atoms with E-state index >= 15 is 0 Å². The maximum atomic E-state index is 5.75. The SMILES string of the molecule is CC(N)Cc1ccc(Sc2nncs2)cc1. The summed E-state index contributed by atoms with van der Waals surface area (Å²) in [6.07, 6.45) is 0.920. The van der Waals surface area contributed by atoms with Crippen LogP contribution in [-0.2, 0) is 6.42 Å². The average Bonchev–Trinajstić information content (AvgIpc) is 2.73. The summed E-state index contributed by atoms with van der Waals surface area (Å²) in [5.74, 6) is 0. The van der Waals surface area contributed by atoms with E-state index in [2.05, 4.69) is 34.5 Å². The summed E-state index contributed by atoms with van der Waals surface area (Å²) < 4.78 is 0.972. The highest BCUT2D eigenvalue weighted by molar-refractivity contribution is 8.01. The van der Waals surface area contributed by atoms with Crippen LogP contribution in [0.15, 0.2) is 39.0 Å². The van der Waals surface area contributed by atoms with Crippen LogP contribution in [0.2, 0.25) is 0 Å². The van der Waals surface area contributed by atoms with Crippen molar-refractivity contribution in [1.82, 2.24) is 10.2 Å². The summed E-state index contributed by atoms with van der Waals surface area (Å²) in [5, 5.41) is 7.80. The van der Waals surface area contributed by atoms with Gasteiger partial charge in [0.25, 0.3) is 0 Å². The minimum absolute atomic E-state index is 0.210. The Hall–Kier alpha value is -0.910. The van der Waals surface area contributed by atoms with Gasteiger partial charge in [-0.2, -0.15) is 0 Å². The lowest BCUT2D eigenvalue weighted by Crippen LogP contribution is -2.17. The number of nitrogens with two attached hydrogens (primary N) is 1. The third-order valence-corrected chi connectivity index (χ3v) is 3.81. The van der Waals surface area contributed by atoms with Gasteiger partial charge in [-0.3, -0.25) is 0 Å². The molecule has 1 aromatic carbocycles. The van der Waals surface area contributed by atoms with Gasteiger partial charge in [0.1, 0.15) is 5.51 Å². The van der Waals surface area contributed by atoms with Crippen molar-refractivity contribution in [2.45, 2.75) is 28.6 Å². The molecule has 0 radical (unpaired) electrons. The lowest BCUT2D eigenvalue weighted by molar-refractivity contribution is 0.737. The monoisotopic (exact) mass is 251 g/mol. The second-order valence-electron chi connectivity index (χ2n) is 3.63. The number of rotatable bonds is 4. The first-order valence-electron chi connectivity index (χ1n) is 5.02. The highest BCUT2D eigenvalue weighted by Gasteiger charge is 2.02. The molecule has 0 aliphatic heterocycles. The molecule has 1 atom stereocenters. The van der Waals surface area contributed by atoms with E-state index in [0.717, 1.165) is 10.8 Å². The van der Waals surface area contributed by atoms with Crippen LogP contribution in [-0.4, -0.2) is 16.2 Å².